The number of benzene rings is 2. The number of ether oxygens (including phenoxy) is 1. The van der Waals surface area contributed by atoms with Gasteiger partial charge in [0.15, 0.2) is 0 Å². The van der Waals surface area contributed by atoms with Crippen molar-refractivity contribution in [1.82, 2.24) is 10.2 Å². The van der Waals surface area contributed by atoms with Gasteiger partial charge in [0.25, 0.3) is 0 Å². The Kier molecular flexibility index (Phi) is 7.21. The van der Waals surface area contributed by atoms with Gasteiger partial charge in [-0.2, -0.15) is 0 Å². The zero-order valence-electron chi connectivity index (χ0n) is 15.2. The number of nitrogens with zero attached hydrogens (tertiary/aromatic N) is 1. The lowest BCUT2D eigenvalue weighted by atomic mass is 10.0. The fraction of sp³-hybridized carbons (Fsp3) is 0.381. The Morgan fingerprint density at radius 1 is 1.19 bits per heavy atom. The lowest BCUT2D eigenvalue weighted by molar-refractivity contribution is -0.121. The van der Waals surface area contributed by atoms with Crippen LogP contribution in [0.3, 0.4) is 0 Å². The molecule has 0 saturated carbocycles. The Morgan fingerprint density at radius 2 is 1.96 bits per heavy atom. The summed E-state index contributed by atoms with van der Waals surface area (Å²) >= 11 is 6.40. The molecule has 1 atom stereocenters. The summed E-state index contributed by atoms with van der Waals surface area (Å²) in [7, 11) is 0. The van der Waals surface area contributed by atoms with Gasteiger partial charge in [0.05, 0.1) is 19.3 Å². The smallest absolute Gasteiger partial charge is 0.220 e. The first-order chi connectivity index (χ1) is 13.1. The topological polar surface area (TPSA) is 41.6 Å². The summed E-state index contributed by atoms with van der Waals surface area (Å²) in [5.74, 6) is -0.330. The highest BCUT2D eigenvalue weighted by Crippen LogP contribution is 2.27. The summed E-state index contributed by atoms with van der Waals surface area (Å²) in [6.07, 6.45) is 0.833. The molecule has 1 fully saturated rings. The van der Waals surface area contributed by atoms with Crippen molar-refractivity contribution in [3.8, 4) is 0 Å². The molecule has 1 amide bonds. The van der Waals surface area contributed by atoms with Crippen LogP contribution in [0.5, 0.6) is 0 Å². The van der Waals surface area contributed by atoms with Gasteiger partial charge in [-0.25, -0.2) is 4.39 Å². The number of morpholine rings is 1. The number of carbonyl (C=O) groups excluding carboxylic acids is 1. The van der Waals surface area contributed by atoms with Crippen molar-refractivity contribution in [2.75, 3.05) is 32.8 Å². The van der Waals surface area contributed by atoms with E-state index < -0.39 is 0 Å². The number of nitrogens with one attached hydrogen (secondary N) is 1. The monoisotopic (exact) mass is 390 g/mol. The summed E-state index contributed by atoms with van der Waals surface area (Å²) in [6.45, 7) is 3.43. The Balaban J connectivity index is 1.60. The molecule has 0 spiro atoms. The van der Waals surface area contributed by atoms with Crippen LogP contribution in [0.25, 0.3) is 0 Å². The van der Waals surface area contributed by atoms with Crippen LogP contribution in [0, 0.1) is 5.82 Å². The standard InChI is InChI=1S/C21H24ClFN2O2/c22-19-7-2-1-6-18(19)20(25-10-12-27-13-11-25)15-24-21(26)9-8-16-4-3-5-17(23)14-16/h1-7,14,20H,8-13,15H2,(H,24,26)/t20-/m0/s1. The zero-order chi connectivity index (χ0) is 19.1. The quantitative estimate of drug-likeness (QED) is 0.785. The second kappa shape index (κ2) is 9.83. The molecule has 1 aliphatic heterocycles. The molecular weight excluding hydrogens is 367 g/mol. The Bertz CT molecular complexity index is 765. The molecule has 144 valence electrons. The van der Waals surface area contributed by atoms with E-state index in [0.29, 0.717) is 37.6 Å². The van der Waals surface area contributed by atoms with E-state index in [4.69, 9.17) is 16.3 Å². The third-order valence-electron chi connectivity index (χ3n) is 4.77. The van der Waals surface area contributed by atoms with E-state index >= 15 is 0 Å². The van der Waals surface area contributed by atoms with Crippen LogP contribution in [0.4, 0.5) is 4.39 Å². The van der Waals surface area contributed by atoms with Crippen molar-refractivity contribution in [3.63, 3.8) is 0 Å². The van der Waals surface area contributed by atoms with E-state index in [1.54, 1.807) is 6.07 Å². The molecule has 1 aliphatic rings. The van der Waals surface area contributed by atoms with E-state index in [1.165, 1.54) is 12.1 Å². The van der Waals surface area contributed by atoms with E-state index in [0.717, 1.165) is 24.2 Å². The van der Waals surface area contributed by atoms with Crippen LogP contribution >= 0.6 is 11.6 Å². The Hall–Kier alpha value is -1.95. The maximum Gasteiger partial charge on any atom is 0.220 e. The average Bonchev–Trinajstić information content (AvgIpc) is 2.69. The molecular formula is C21H24ClFN2O2. The van der Waals surface area contributed by atoms with E-state index in [1.807, 2.05) is 30.3 Å². The van der Waals surface area contributed by atoms with E-state index in [-0.39, 0.29) is 17.8 Å². The first-order valence-electron chi connectivity index (χ1n) is 9.21. The first kappa shape index (κ1) is 19.8. The third-order valence-corrected chi connectivity index (χ3v) is 5.12. The molecule has 0 bridgehead atoms. The van der Waals surface area contributed by atoms with Crippen LogP contribution in [-0.2, 0) is 16.0 Å². The molecule has 6 heteroatoms. The number of rotatable bonds is 7. The molecule has 2 aromatic carbocycles. The highest BCUT2D eigenvalue weighted by molar-refractivity contribution is 6.31. The average molecular weight is 391 g/mol. The minimum atomic E-state index is -0.279. The normalized spacial score (nSPS) is 16.1. The Labute approximate surface area is 164 Å². The minimum absolute atomic E-state index is 0.000666. The van der Waals surface area contributed by atoms with Crippen LogP contribution in [0.15, 0.2) is 48.5 Å². The van der Waals surface area contributed by atoms with Crippen molar-refractivity contribution >= 4 is 17.5 Å². The lowest BCUT2D eigenvalue weighted by Crippen LogP contribution is -2.44. The van der Waals surface area contributed by atoms with Crippen LogP contribution in [-0.4, -0.2) is 43.7 Å². The fourth-order valence-electron chi connectivity index (χ4n) is 3.32. The molecule has 1 heterocycles. The summed E-state index contributed by atoms with van der Waals surface area (Å²) in [5, 5.41) is 3.71. The van der Waals surface area contributed by atoms with Crippen LogP contribution < -0.4 is 5.32 Å². The summed E-state index contributed by atoms with van der Waals surface area (Å²) in [6, 6.07) is 14.1. The van der Waals surface area contributed by atoms with Gasteiger partial charge in [-0.15, -0.1) is 0 Å². The van der Waals surface area contributed by atoms with Crippen molar-refractivity contribution in [1.29, 1.82) is 0 Å². The second-order valence-electron chi connectivity index (χ2n) is 6.62. The van der Waals surface area contributed by atoms with Gasteiger partial charge in [-0.1, -0.05) is 41.9 Å². The predicted octanol–water partition coefficient (Wildman–Crippen LogP) is 3.60. The second-order valence-corrected chi connectivity index (χ2v) is 7.03. The SMILES string of the molecule is O=C(CCc1cccc(F)c1)NC[C@@H](c1ccccc1Cl)N1CCOCC1. The van der Waals surface area contributed by atoms with Gasteiger partial charge in [-0.05, 0) is 35.7 Å². The maximum absolute atomic E-state index is 13.2. The highest BCUT2D eigenvalue weighted by Gasteiger charge is 2.24. The number of halogens is 2. The van der Waals surface area contributed by atoms with Crippen LogP contribution in [0.1, 0.15) is 23.6 Å². The Morgan fingerprint density at radius 3 is 2.70 bits per heavy atom. The predicted molar refractivity (Wildman–Crippen MR) is 104 cm³/mol. The zero-order valence-corrected chi connectivity index (χ0v) is 15.9. The van der Waals surface area contributed by atoms with Gasteiger partial charge in [0, 0.05) is 31.1 Å². The number of hydrogen-bond donors (Lipinski definition) is 1. The third kappa shape index (κ3) is 5.76. The lowest BCUT2D eigenvalue weighted by Gasteiger charge is -2.35. The number of amides is 1. The van der Waals surface area contributed by atoms with E-state index in [9.17, 15) is 9.18 Å². The molecule has 2 aromatic rings. The van der Waals surface area contributed by atoms with Gasteiger partial charge in [-0.3, -0.25) is 9.69 Å². The first-order valence-corrected chi connectivity index (χ1v) is 9.58. The molecule has 1 saturated heterocycles. The summed E-state index contributed by atoms with van der Waals surface area (Å²) in [5.41, 5.74) is 1.83. The van der Waals surface area contributed by atoms with Gasteiger partial charge in [0.2, 0.25) is 5.91 Å². The molecule has 0 aromatic heterocycles. The molecule has 3 rings (SSSR count). The van der Waals surface area contributed by atoms with Crippen molar-refractivity contribution in [3.05, 3.63) is 70.5 Å². The molecule has 4 nitrogen and oxygen atoms in total. The fourth-order valence-corrected chi connectivity index (χ4v) is 3.58. The minimum Gasteiger partial charge on any atom is -0.379 e. The van der Waals surface area contributed by atoms with Crippen LogP contribution in [0.2, 0.25) is 5.02 Å². The highest BCUT2D eigenvalue weighted by atomic mass is 35.5. The number of carbonyl (C=O) groups is 1. The van der Waals surface area contributed by atoms with Crippen molar-refractivity contribution in [2.45, 2.75) is 18.9 Å². The van der Waals surface area contributed by atoms with Crippen molar-refractivity contribution in [2.24, 2.45) is 0 Å². The molecule has 0 unspecified atom stereocenters. The maximum atomic E-state index is 13.2. The molecule has 27 heavy (non-hydrogen) atoms. The number of aryl methyl sites for hydroxylation is 1. The summed E-state index contributed by atoms with van der Waals surface area (Å²) in [4.78, 5) is 14.6. The molecule has 1 N–H and O–H groups in total. The largest absolute Gasteiger partial charge is 0.379 e. The molecule has 0 radical (unpaired) electrons. The van der Waals surface area contributed by atoms with Crippen molar-refractivity contribution < 1.29 is 13.9 Å². The van der Waals surface area contributed by atoms with Gasteiger partial charge in [0.1, 0.15) is 5.82 Å². The van der Waals surface area contributed by atoms with E-state index in [2.05, 4.69) is 10.2 Å². The van der Waals surface area contributed by atoms with Gasteiger partial charge >= 0.3 is 0 Å². The number of hydrogen-bond acceptors (Lipinski definition) is 3. The molecule has 0 aliphatic carbocycles. The van der Waals surface area contributed by atoms with Gasteiger partial charge < -0.3 is 10.1 Å². The summed E-state index contributed by atoms with van der Waals surface area (Å²) < 4.78 is 18.7.